The molecule has 0 saturated heterocycles. The first-order valence-electron chi connectivity index (χ1n) is 8.19. The summed E-state index contributed by atoms with van der Waals surface area (Å²) in [6.45, 7) is 3.64. The largest absolute Gasteiger partial charge is 0.388 e. The molecule has 0 aromatic carbocycles. The topological polar surface area (TPSA) is 106 Å². The molecule has 1 saturated carbocycles. The van der Waals surface area contributed by atoms with Gasteiger partial charge in [-0.05, 0) is 33.1 Å². The van der Waals surface area contributed by atoms with Gasteiger partial charge in [0, 0.05) is 31.0 Å². The van der Waals surface area contributed by atoms with Crippen LogP contribution >= 0.6 is 0 Å². The van der Waals surface area contributed by atoms with E-state index in [2.05, 4.69) is 20.7 Å². The summed E-state index contributed by atoms with van der Waals surface area (Å²) >= 11 is 0. The number of hydrogen-bond donors (Lipinski definition) is 2. The molecule has 1 amide bonds. The van der Waals surface area contributed by atoms with Crippen LogP contribution in [-0.2, 0) is 24.9 Å². The van der Waals surface area contributed by atoms with Gasteiger partial charge >= 0.3 is 0 Å². The van der Waals surface area contributed by atoms with Crippen LogP contribution in [0.4, 0.5) is 0 Å². The number of amides is 1. The van der Waals surface area contributed by atoms with Crippen LogP contribution in [0.1, 0.15) is 53.8 Å². The lowest BCUT2D eigenvalue weighted by Crippen LogP contribution is -2.44. The molecule has 0 unspecified atom stereocenters. The van der Waals surface area contributed by atoms with Gasteiger partial charge in [-0.1, -0.05) is 5.16 Å². The summed E-state index contributed by atoms with van der Waals surface area (Å²) in [4.78, 5) is 12.1. The summed E-state index contributed by atoms with van der Waals surface area (Å²) in [6.07, 6.45) is 2.79. The Morgan fingerprint density at radius 3 is 2.71 bits per heavy atom. The van der Waals surface area contributed by atoms with Crippen LogP contribution in [0.2, 0.25) is 0 Å². The molecule has 0 radical (unpaired) electrons. The zero-order valence-corrected chi connectivity index (χ0v) is 14.2. The normalized spacial score (nSPS) is 20.0. The first-order chi connectivity index (χ1) is 11.5. The molecule has 0 bridgehead atoms. The molecule has 1 fully saturated rings. The fourth-order valence-corrected chi connectivity index (χ4v) is 3.21. The summed E-state index contributed by atoms with van der Waals surface area (Å²) in [7, 11) is 1.86. The number of carbonyl (C=O) groups excluding carboxylic acids is 1. The highest BCUT2D eigenvalue weighted by atomic mass is 16.5. The van der Waals surface area contributed by atoms with E-state index in [1.54, 1.807) is 0 Å². The fourth-order valence-electron chi connectivity index (χ4n) is 3.21. The zero-order chi connectivity index (χ0) is 17.3. The summed E-state index contributed by atoms with van der Waals surface area (Å²) in [5, 5.41) is 24.2. The highest BCUT2D eigenvalue weighted by molar-refractivity contribution is 5.76. The molecule has 3 rings (SSSR count). The van der Waals surface area contributed by atoms with Crippen molar-refractivity contribution < 1.29 is 14.4 Å². The third-order valence-electron chi connectivity index (χ3n) is 4.79. The van der Waals surface area contributed by atoms with Crippen molar-refractivity contribution in [3.8, 4) is 0 Å². The van der Waals surface area contributed by atoms with E-state index < -0.39 is 0 Å². The lowest BCUT2D eigenvalue weighted by Gasteiger charge is -2.35. The SMILES string of the molecule is Cc1noc(C)c1CCC(=O)NC1CC(c2nnc(CO)n2C)C1. The number of rotatable bonds is 6. The number of hydrogen-bond acceptors (Lipinski definition) is 6. The predicted molar refractivity (Wildman–Crippen MR) is 85.1 cm³/mol. The Balaban J connectivity index is 1.45. The smallest absolute Gasteiger partial charge is 0.220 e. The van der Waals surface area contributed by atoms with Gasteiger partial charge in [-0.3, -0.25) is 4.79 Å². The zero-order valence-electron chi connectivity index (χ0n) is 14.2. The lowest BCUT2D eigenvalue weighted by atomic mass is 9.79. The molecule has 1 aliphatic carbocycles. The molecular formula is C16H23N5O3. The summed E-state index contributed by atoms with van der Waals surface area (Å²) in [6, 6.07) is 0.182. The Labute approximate surface area is 140 Å². The van der Waals surface area contributed by atoms with Crippen LogP contribution in [0, 0.1) is 13.8 Å². The number of aliphatic hydroxyl groups is 1. The van der Waals surface area contributed by atoms with Crippen molar-refractivity contribution in [2.75, 3.05) is 0 Å². The van der Waals surface area contributed by atoms with Gasteiger partial charge in [0.15, 0.2) is 5.82 Å². The van der Waals surface area contributed by atoms with Crippen molar-refractivity contribution in [2.24, 2.45) is 7.05 Å². The summed E-state index contributed by atoms with van der Waals surface area (Å²) in [5.74, 6) is 2.56. The number of carbonyl (C=O) groups is 1. The molecule has 2 aromatic rings. The number of aryl methyl sites for hydroxylation is 2. The third-order valence-corrected chi connectivity index (χ3v) is 4.79. The third kappa shape index (κ3) is 3.19. The highest BCUT2D eigenvalue weighted by Gasteiger charge is 2.34. The van der Waals surface area contributed by atoms with Gasteiger partial charge in [-0.25, -0.2) is 0 Å². The van der Waals surface area contributed by atoms with E-state index in [0.717, 1.165) is 35.7 Å². The van der Waals surface area contributed by atoms with Crippen LogP contribution in [-0.4, -0.2) is 37.0 Å². The lowest BCUT2D eigenvalue weighted by molar-refractivity contribution is -0.122. The minimum atomic E-state index is -0.113. The molecule has 0 spiro atoms. The molecular weight excluding hydrogens is 310 g/mol. The van der Waals surface area contributed by atoms with Gasteiger partial charge < -0.3 is 19.5 Å². The van der Waals surface area contributed by atoms with Gasteiger partial charge in [-0.2, -0.15) is 0 Å². The maximum atomic E-state index is 12.1. The van der Waals surface area contributed by atoms with E-state index in [9.17, 15) is 4.79 Å². The Morgan fingerprint density at radius 2 is 2.12 bits per heavy atom. The van der Waals surface area contributed by atoms with Gasteiger partial charge in [-0.15, -0.1) is 10.2 Å². The van der Waals surface area contributed by atoms with Crippen LogP contribution in [0.15, 0.2) is 4.52 Å². The van der Waals surface area contributed by atoms with Gasteiger partial charge in [0.05, 0.1) is 5.69 Å². The second-order valence-electron chi connectivity index (χ2n) is 6.43. The van der Waals surface area contributed by atoms with Crippen molar-refractivity contribution in [1.29, 1.82) is 0 Å². The van der Waals surface area contributed by atoms with Gasteiger partial charge in [0.2, 0.25) is 5.91 Å². The van der Waals surface area contributed by atoms with E-state index in [1.807, 2.05) is 25.5 Å². The van der Waals surface area contributed by atoms with Gasteiger partial charge in [0.1, 0.15) is 18.2 Å². The van der Waals surface area contributed by atoms with Crippen LogP contribution in [0.5, 0.6) is 0 Å². The van der Waals surface area contributed by atoms with E-state index in [0.29, 0.717) is 18.7 Å². The minimum Gasteiger partial charge on any atom is -0.388 e. The van der Waals surface area contributed by atoms with Crippen molar-refractivity contribution in [1.82, 2.24) is 25.2 Å². The van der Waals surface area contributed by atoms with Crippen LogP contribution in [0.3, 0.4) is 0 Å². The molecule has 2 N–H and O–H groups in total. The fraction of sp³-hybridized carbons (Fsp3) is 0.625. The van der Waals surface area contributed by atoms with Crippen molar-refractivity contribution in [3.05, 3.63) is 28.7 Å². The molecule has 0 atom stereocenters. The van der Waals surface area contributed by atoms with E-state index in [1.165, 1.54) is 0 Å². The minimum absolute atomic E-state index is 0.0486. The number of nitrogens with zero attached hydrogens (tertiary/aromatic N) is 4. The Morgan fingerprint density at radius 1 is 1.38 bits per heavy atom. The van der Waals surface area contributed by atoms with Crippen molar-refractivity contribution in [2.45, 2.75) is 58.1 Å². The molecule has 2 aromatic heterocycles. The van der Waals surface area contributed by atoms with E-state index >= 15 is 0 Å². The Kier molecular flexibility index (Phi) is 4.66. The van der Waals surface area contributed by atoms with Crippen molar-refractivity contribution >= 4 is 5.91 Å². The maximum absolute atomic E-state index is 12.1. The summed E-state index contributed by atoms with van der Waals surface area (Å²) in [5.41, 5.74) is 1.87. The average Bonchev–Trinajstić information content (AvgIpc) is 3.03. The van der Waals surface area contributed by atoms with E-state index in [-0.39, 0.29) is 24.5 Å². The van der Waals surface area contributed by atoms with Crippen LogP contribution in [0.25, 0.3) is 0 Å². The standard InChI is InChI=1S/C16H23N5O3/c1-9-13(10(2)24-20-9)4-5-15(23)17-12-6-11(7-12)16-19-18-14(8-22)21(16)3/h11-12,22H,4-8H2,1-3H3,(H,17,23). The first-order valence-corrected chi connectivity index (χ1v) is 8.19. The number of aliphatic hydroxyl groups excluding tert-OH is 1. The Bertz CT molecular complexity index is 711. The second kappa shape index (κ2) is 6.72. The molecule has 8 heteroatoms. The molecule has 24 heavy (non-hydrogen) atoms. The number of nitrogens with one attached hydrogen (secondary N) is 1. The molecule has 8 nitrogen and oxygen atoms in total. The van der Waals surface area contributed by atoms with Crippen molar-refractivity contribution in [3.63, 3.8) is 0 Å². The maximum Gasteiger partial charge on any atom is 0.220 e. The molecule has 2 heterocycles. The predicted octanol–water partition coefficient (Wildman–Crippen LogP) is 0.907. The van der Waals surface area contributed by atoms with Gasteiger partial charge in [0.25, 0.3) is 0 Å². The highest BCUT2D eigenvalue weighted by Crippen LogP contribution is 2.35. The molecule has 0 aliphatic heterocycles. The molecule has 1 aliphatic rings. The van der Waals surface area contributed by atoms with Crippen LogP contribution < -0.4 is 5.32 Å². The average molecular weight is 333 g/mol. The van der Waals surface area contributed by atoms with E-state index in [4.69, 9.17) is 9.63 Å². The quantitative estimate of drug-likeness (QED) is 0.814. The monoisotopic (exact) mass is 333 g/mol. The Hall–Kier alpha value is -2.22. The molecule has 130 valence electrons. The first kappa shape index (κ1) is 16.6. The second-order valence-corrected chi connectivity index (χ2v) is 6.43. The summed E-state index contributed by atoms with van der Waals surface area (Å²) < 4.78 is 6.95. The number of aromatic nitrogens is 4.